The van der Waals surface area contributed by atoms with E-state index in [2.05, 4.69) is 0 Å². The van der Waals surface area contributed by atoms with Crippen molar-refractivity contribution in [3.05, 3.63) is 64.0 Å². The molecular formula is C15H15FN2O5. The first-order valence-corrected chi connectivity index (χ1v) is 6.67. The molecule has 0 bridgehead atoms. The van der Waals surface area contributed by atoms with Crippen LogP contribution in [0.15, 0.2) is 42.5 Å². The second-order valence-corrected chi connectivity index (χ2v) is 3.94. The van der Waals surface area contributed by atoms with E-state index in [0.29, 0.717) is 0 Å². The van der Waals surface area contributed by atoms with Crippen molar-refractivity contribution in [3.8, 4) is 11.5 Å². The number of hydrogen-bond acceptors (Lipinski definition) is 5. The Bertz CT molecular complexity index is 689. The number of ether oxygens (including phenoxy) is 1. The number of amides is 1. The molecule has 0 heterocycles. The number of nitrogens with one attached hydrogen (secondary N) is 1. The van der Waals surface area contributed by atoms with Crippen LogP contribution in [-0.4, -0.2) is 16.0 Å². The van der Waals surface area contributed by atoms with Crippen LogP contribution >= 0.6 is 0 Å². The topological polar surface area (TPSA) is 102 Å². The van der Waals surface area contributed by atoms with Gasteiger partial charge in [-0.05, 0) is 36.4 Å². The predicted octanol–water partition coefficient (Wildman–Crippen LogP) is 3.67. The van der Waals surface area contributed by atoms with Gasteiger partial charge in [-0.1, -0.05) is 13.8 Å². The van der Waals surface area contributed by atoms with Crippen molar-refractivity contribution in [2.45, 2.75) is 13.8 Å². The third-order valence-corrected chi connectivity index (χ3v) is 2.56. The Morgan fingerprint density at radius 2 is 1.83 bits per heavy atom. The summed E-state index contributed by atoms with van der Waals surface area (Å²) in [6, 6.07) is 8.35. The van der Waals surface area contributed by atoms with Crippen LogP contribution in [0.3, 0.4) is 0 Å². The van der Waals surface area contributed by atoms with Crippen molar-refractivity contribution in [2.75, 3.05) is 0 Å². The zero-order valence-electron chi connectivity index (χ0n) is 12.4. The van der Waals surface area contributed by atoms with E-state index in [1.165, 1.54) is 29.7 Å². The van der Waals surface area contributed by atoms with E-state index in [4.69, 9.17) is 9.94 Å². The van der Waals surface area contributed by atoms with Gasteiger partial charge in [-0.2, -0.15) is 0 Å². The summed E-state index contributed by atoms with van der Waals surface area (Å²) in [6.45, 7) is 4.00. The summed E-state index contributed by atoms with van der Waals surface area (Å²) in [5.41, 5.74) is 0.820. The Kier molecular flexibility index (Phi) is 6.63. The zero-order valence-corrected chi connectivity index (χ0v) is 12.4. The minimum atomic E-state index is -0.883. The first-order valence-electron chi connectivity index (χ1n) is 6.67. The molecule has 0 aliphatic rings. The van der Waals surface area contributed by atoms with E-state index in [-0.39, 0.29) is 17.1 Å². The van der Waals surface area contributed by atoms with E-state index in [0.717, 1.165) is 18.2 Å². The van der Waals surface area contributed by atoms with Gasteiger partial charge in [-0.15, -0.1) is 0 Å². The molecule has 122 valence electrons. The van der Waals surface area contributed by atoms with E-state index in [1.54, 1.807) is 0 Å². The molecule has 0 atom stereocenters. The number of nitro groups is 1. The number of rotatable bonds is 4. The molecule has 0 radical (unpaired) electrons. The summed E-state index contributed by atoms with van der Waals surface area (Å²) in [6.07, 6.45) is 0. The first kappa shape index (κ1) is 18.1. The number of hydrogen-bond donors (Lipinski definition) is 2. The SMILES string of the molecule is CC.O=C(NO)c1ccc(Oc2ccc(F)cc2)c([N+](=O)[O-])c1. The predicted molar refractivity (Wildman–Crippen MR) is 80.2 cm³/mol. The Labute approximate surface area is 131 Å². The molecule has 0 saturated carbocycles. The number of benzene rings is 2. The van der Waals surface area contributed by atoms with Gasteiger partial charge in [-0.3, -0.25) is 20.1 Å². The molecule has 0 aliphatic carbocycles. The van der Waals surface area contributed by atoms with Crippen LogP contribution in [-0.2, 0) is 0 Å². The molecule has 0 saturated heterocycles. The van der Waals surface area contributed by atoms with Gasteiger partial charge in [0.25, 0.3) is 5.91 Å². The summed E-state index contributed by atoms with van der Waals surface area (Å²) < 4.78 is 18.1. The van der Waals surface area contributed by atoms with Gasteiger partial charge in [0.2, 0.25) is 5.75 Å². The Hall–Kier alpha value is -3.00. The molecular weight excluding hydrogens is 307 g/mol. The minimum Gasteiger partial charge on any atom is -0.450 e. The smallest absolute Gasteiger partial charge is 0.312 e. The molecule has 2 aromatic rings. The standard InChI is InChI=1S/C13H9FN2O5.C2H6/c14-9-2-4-10(5-3-9)21-12-6-1-8(13(17)15-18)7-11(12)16(19)20;1-2/h1-7,18H,(H,15,17);1-2H3. The molecule has 0 unspecified atom stereocenters. The van der Waals surface area contributed by atoms with Gasteiger partial charge in [-0.25, -0.2) is 9.87 Å². The first-order chi connectivity index (χ1) is 11.0. The number of nitrogens with zero attached hydrogens (tertiary/aromatic N) is 1. The summed E-state index contributed by atoms with van der Waals surface area (Å²) in [7, 11) is 0. The fourth-order valence-electron chi connectivity index (χ4n) is 1.58. The molecule has 2 rings (SSSR count). The maximum Gasteiger partial charge on any atom is 0.312 e. The van der Waals surface area contributed by atoms with Crippen molar-refractivity contribution < 1.29 is 24.1 Å². The van der Waals surface area contributed by atoms with Crippen LogP contribution in [0.25, 0.3) is 0 Å². The number of carbonyl (C=O) groups is 1. The van der Waals surface area contributed by atoms with Crippen LogP contribution in [0.5, 0.6) is 11.5 Å². The molecule has 0 aromatic heterocycles. The molecule has 7 nitrogen and oxygen atoms in total. The minimum absolute atomic E-state index is 0.101. The molecule has 8 heteroatoms. The molecule has 1 amide bonds. The molecule has 2 N–H and O–H groups in total. The highest BCUT2D eigenvalue weighted by Crippen LogP contribution is 2.32. The van der Waals surface area contributed by atoms with Crippen molar-refractivity contribution >= 4 is 11.6 Å². The van der Waals surface area contributed by atoms with Crippen LogP contribution in [0.1, 0.15) is 24.2 Å². The van der Waals surface area contributed by atoms with Crippen LogP contribution in [0, 0.1) is 15.9 Å². The fraction of sp³-hybridized carbons (Fsp3) is 0.133. The number of nitro benzene ring substituents is 1. The highest BCUT2D eigenvalue weighted by molar-refractivity contribution is 5.94. The lowest BCUT2D eigenvalue weighted by Gasteiger charge is -2.07. The lowest BCUT2D eigenvalue weighted by molar-refractivity contribution is -0.385. The van der Waals surface area contributed by atoms with Gasteiger partial charge >= 0.3 is 5.69 Å². The Morgan fingerprint density at radius 3 is 2.35 bits per heavy atom. The second-order valence-electron chi connectivity index (χ2n) is 3.94. The third kappa shape index (κ3) is 4.75. The van der Waals surface area contributed by atoms with E-state index in [9.17, 15) is 19.3 Å². The second kappa shape index (κ2) is 8.44. The van der Waals surface area contributed by atoms with Crippen molar-refractivity contribution in [1.82, 2.24) is 5.48 Å². The monoisotopic (exact) mass is 322 g/mol. The van der Waals surface area contributed by atoms with Gasteiger partial charge in [0.1, 0.15) is 11.6 Å². The average molecular weight is 322 g/mol. The molecule has 0 aliphatic heterocycles. The number of halogens is 1. The fourth-order valence-corrected chi connectivity index (χ4v) is 1.58. The lowest BCUT2D eigenvalue weighted by Crippen LogP contribution is -2.18. The van der Waals surface area contributed by atoms with Crippen molar-refractivity contribution in [1.29, 1.82) is 0 Å². The maximum absolute atomic E-state index is 12.8. The molecule has 0 spiro atoms. The summed E-state index contributed by atoms with van der Waals surface area (Å²) in [4.78, 5) is 21.5. The normalized spacial score (nSPS) is 9.39. The Balaban J connectivity index is 0.00000127. The van der Waals surface area contributed by atoms with E-state index in [1.807, 2.05) is 13.8 Å². The highest BCUT2D eigenvalue weighted by Gasteiger charge is 2.19. The molecule has 23 heavy (non-hydrogen) atoms. The third-order valence-electron chi connectivity index (χ3n) is 2.56. The lowest BCUT2D eigenvalue weighted by atomic mass is 10.2. The summed E-state index contributed by atoms with van der Waals surface area (Å²) >= 11 is 0. The number of carbonyl (C=O) groups excluding carboxylic acids is 1. The van der Waals surface area contributed by atoms with Gasteiger partial charge < -0.3 is 4.74 Å². The van der Waals surface area contributed by atoms with Gasteiger partial charge in [0.15, 0.2) is 0 Å². The van der Waals surface area contributed by atoms with Crippen LogP contribution in [0.4, 0.5) is 10.1 Å². The average Bonchev–Trinajstić information content (AvgIpc) is 2.58. The molecule has 2 aromatic carbocycles. The maximum atomic E-state index is 12.8. The van der Waals surface area contributed by atoms with Gasteiger partial charge in [0, 0.05) is 11.6 Å². The Morgan fingerprint density at radius 1 is 1.22 bits per heavy atom. The van der Waals surface area contributed by atoms with Crippen LogP contribution < -0.4 is 10.2 Å². The number of hydroxylamine groups is 1. The van der Waals surface area contributed by atoms with Crippen LogP contribution in [0.2, 0.25) is 0 Å². The summed E-state index contributed by atoms with van der Waals surface area (Å²) in [5.74, 6) is -1.25. The van der Waals surface area contributed by atoms with Crippen molar-refractivity contribution in [2.24, 2.45) is 0 Å². The zero-order chi connectivity index (χ0) is 17.4. The highest BCUT2D eigenvalue weighted by atomic mass is 19.1. The quantitative estimate of drug-likeness (QED) is 0.508. The van der Waals surface area contributed by atoms with E-state index < -0.39 is 22.3 Å². The van der Waals surface area contributed by atoms with Gasteiger partial charge in [0.05, 0.1) is 4.92 Å². The van der Waals surface area contributed by atoms with E-state index >= 15 is 0 Å². The summed E-state index contributed by atoms with van der Waals surface area (Å²) in [5, 5.41) is 19.5. The van der Waals surface area contributed by atoms with Crippen molar-refractivity contribution in [3.63, 3.8) is 0 Å². The molecule has 0 fully saturated rings. The largest absolute Gasteiger partial charge is 0.450 e.